The lowest BCUT2D eigenvalue weighted by Gasteiger charge is -2.12. The van der Waals surface area contributed by atoms with E-state index in [0.717, 1.165) is 51.8 Å². The molecule has 2 aromatic carbocycles. The number of esters is 1. The van der Waals surface area contributed by atoms with Gasteiger partial charge in [-0.2, -0.15) is 0 Å². The van der Waals surface area contributed by atoms with Crippen LogP contribution in [-0.4, -0.2) is 12.6 Å². The molecule has 0 spiro atoms. The number of allylic oxidation sites excluding steroid dienone is 1. The third-order valence-corrected chi connectivity index (χ3v) is 4.69. The molecule has 0 amide bonds. The largest absolute Gasteiger partial charge is 0.489 e. The molecule has 1 aromatic heterocycles. The van der Waals surface area contributed by atoms with Crippen molar-refractivity contribution in [3.63, 3.8) is 0 Å². The third kappa shape index (κ3) is 5.08. The fourth-order valence-corrected chi connectivity index (χ4v) is 3.36. The van der Waals surface area contributed by atoms with Crippen LogP contribution in [0.4, 0.5) is 0 Å². The van der Waals surface area contributed by atoms with E-state index >= 15 is 0 Å². The van der Waals surface area contributed by atoms with Gasteiger partial charge in [-0.3, -0.25) is 4.79 Å². The van der Waals surface area contributed by atoms with Gasteiger partial charge in [0.05, 0.1) is 13.0 Å². The fourth-order valence-electron chi connectivity index (χ4n) is 3.36. The highest BCUT2D eigenvalue weighted by Crippen LogP contribution is 2.30. The first-order valence-electron chi connectivity index (χ1n) is 10.1. The number of aryl methyl sites for hydroxylation is 1. The summed E-state index contributed by atoms with van der Waals surface area (Å²) in [6.45, 7) is 10.8. The first-order valence-corrected chi connectivity index (χ1v) is 10.1. The summed E-state index contributed by atoms with van der Waals surface area (Å²) in [7, 11) is 0. The maximum atomic E-state index is 11.9. The second kappa shape index (κ2) is 9.46. The van der Waals surface area contributed by atoms with Crippen LogP contribution in [0.25, 0.3) is 16.5 Å². The molecule has 4 nitrogen and oxygen atoms in total. The van der Waals surface area contributed by atoms with Gasteiger partial charge in [0.15, 0.2) is 0 Å². The highest BCUT2D eigenvalue weighted by molar-refractivity contribution is 5.90. The second-order valence-electron chi connectivity index (χ2n) is 7.18. The summed E-state index contributed by atoms with van der Waals surface area (Å²) in [5.41, 5.74) is 4.69. The molecule has 3 rings (SSSR count). The molecule has 0 aliphatic heterocycles. The molecule has 0 bridgehead atoms. The van der Waals surface area contributed by atoms with Gasteiger partial charge in [0, 0.05) is 22.9 Å². The van der Waals surface area contributed by atoms with Gasteiger partial charge in [0.1, 0.15) is 23.7 Å². The standard InChI is InChI=1S/C25H28O4/c1-5-9-21-14-20-12-18(13-22(17(3)4)25(20)29-21)16-28-23-11-8-7-10-19(23)15-24(26)27-6-2/h7-8,10-14H,3,5-6,9,15-16H2,1-2,4H3. The number of furan rings is 1. The van der Waals surface area contributed by atoms with Crippen molar-refractivity contribution in [3.8, 4) is 5.75 Å². The van der Waals surface area contributed by atoms with Crippen LogP contribution in [0.3, 0.4) is 0 Å². The Morgan fingerprint density at radius 3 is 2.66 bits per heavy atom. The number of hydrogen-bond acceptors (Lipinski definition) is 4. The minimum Gasteiger partial charge on any atom is -0.489 e. The molecule has 0 aliphatic carbocycles. The van der Waals surface area contributed by atoms with Gasteiger partial charge < -0.3 is 13.9 Å². The van der Waals surface area contributed by atoms with E-state index in [1.807, 2.05) is 31.2 Å². The Hall–Kier alpha value is -3.01. The van der Waals surface area contributed by atoms with E-state index in [9.17, 15) is 4.79 Å². The van der Waals surface area contributed by atoms with Crippen molar-refractivity contribution in [3.05, 3.63) is 71.5 Å². The summed E-state index contributed by atoms with van der Waals surface area (Å²) >= 11 is 0. The summed E-state index contributed by atoms with van der Waals surface area (Å²) in [5.74, 6) is 1.43. The van der Waals surface area contributed by atoms with Crippen LogP contribution in [0.15, 0.2) is 53.5 Å². The molecule has 0 saturated heterocycles. The number of para-hydroxylation sites is 1. The van der Waals surface area contributed by atoms with E-state index < -0.39 is 0 Å². The minimum absolute atomic E-state index is 0.197. The smallest absolute Gasteiger partial charge is 0.310 e. The van der Waals surface area contributed by atoms with E-state index in [1.54, 1.807) is 6.92 Å². The van der Waals surface area contributed by atoms with Crippen LogP contribution in [-0.2, 0) is 29.0 Å². The zero-order valence-corrected chi connectivity index (χ0v) is 17.4. The molecule has 0 aliphatic rings. The Balaban J connectivity index is 1.84. The lowest BCUT2D eigenvalue weighted by Crippen LogP contribution is -2.09. The van der Waals surface area contributed by atoms with Gasteiger partial charge in [-0.05, 0) is 55.7 Å². The second-order valence-corrected chi connectivity index (χ2v) is 7.18. The molecule has 3 aromatic rings. The average molecular weight is 392 g/mol. The molecule has 0 fully saturated rings. The zero-order valence-electron chi connectivity index (χ0n) is 17.4. The maximum Gasteiger partial charge on any atom is 0.310 e. The SMILES string of the molecule is C=C(C)c1cc(COc2ccccc2CC(=O)OCC)cc2cc(CCC)oc12. The van der Waals surface area contributed by atoms with E-state index in [1.165, 1.54) is 0 Å². The number of rotatable bonds is 9. The van der Waals surface area contributed by atoms with Crippen molar-refractivity contribution >= 4 is 22.5 Å². The van der Waals surface area contributed by atoms with Gasteiger partial charge in [-0.25, -0.2) is 0 Å². The van der Waals surface area contributed by atoms with E-state index in [-0.39, 0.29) is 12.4 Å². The number of benzene rings is 2. The summed E-state index contributed by atoms with van der Waals surface area (Å²) < 4.78 is 17.2. The predicted molar refractivity (Wildman–Crippen MR) is 116 cm³/mol. The fraction of sp³-hybridized carbons (Fsp3) is 0.320. The highest BCUT2D eigenvalue weighted by atomic mass is 16.5. The Morgan fingerprint density at radius 2 is 1.93 bits per heavy atom. The molecule has 0 N–H and O–H groups in total. The Morgan fingerprint density at radius 1 is 1.14 bits per heavy atom. The molecule has 0 saturated carbocycles. The molecule has 0 atom stereocenters. The summed E-state index contributed by atoms with van der Waals surface area (Å²) in [6.07, 6.45) is 2.15. The Kier molecular flexibility index (Phi) is 6.76. The van der Waals surface area contributed by atoms with Gasteiger partial charge in [0.25, 0.3) is 0 Å². The number of hydrogen-bond donors (Lipinski definition) is 0. The first-order chi connectivity index (χ1) is 14.0. The predicted octanol–water partition coefficient (Wildman–Crippen LogP) is 6.10. The molecule has 0 radical (unpaired) electrons. The van der Waals surface area contributed by atoms with Gasteiger partial charge >= 0.3 is 5.97 Å². The third-order valence-electron chi connectivity index (χ3n) is 4.69. The van der Waals surface area contributed by atoms with Crippen LogP contribution in [0.5, 0.6) is 5.75 Å². The topological polar surface area (TPSA) is 48.7 Å². The average Bonchev–Trinajstić information content (AvgIpc) is 3.09. The van der Waals surface area contributed by atoms with Crippen molar-refractivity contribution in [1.29, 1.82) is 0 Å². The van der Waals surface area contributed by atoms with Crippen LogP contribution < -0.4 is 4.74 Å². The molecular formula is C25H28O4. The first kappa shape index (κ1) is 20.7. The van der Waals surface area contributed by atoms with Crippen molar-refractivity contribution in [2.45, 2.75) is 46.6 Å². The molecule has 0 unspecified atom stereocenters. The van der Waals surface area contributed by atoms with Crippen LogP contribution in [0, 0.1) is 0 Å². The van der Waals surface area contributed by atoms with Gasteiger partial charge in [-0.1, -0.05) is 31.7 Å². The molecular weight excluding hydrogens is 364 g/mol. The van der Waals surface area contributed by atoms with Crippen LogP contribution in [0.1, 0.15) is 49.6 Å². The lowest BCUT2D eigenvalue weighted by atomic mass is 10.0. The van der Waals surface area contributed by atoms with E-state index in [4.69, 9.17) is 13.9 Å². The Labute approximate surface area is 172 Å². The normalized spacial score (nSPS) is 10.9. The molecule has 152 valence electrons. The number of ether oxygens (including phenoxy) is 2. The zero-order chi connectivity index (χ0) is 20.8. The van der Waals surface area contributed by atoms with Crippen molar-refractivity contribution in [1.82, 2.24) is 0 Å². The maximum absolute atomic E-state index is 11.9. The van der Waals surface area contributed by atoms with Gasteiger partial charge in [0.2, 0.25) is 0 Å². The van der Waals surface area contributed by atoms with Crippen LogP contribution in [0.2, 0.25) is 0 Å². The monoisotopic (exact) mass is 392 g/mol. The summed E-state index contributed by atoms with van der Waals surface area (Å²) in [4.78, 5) is 11.9. The van der Waals surface area contributed by atoms with E-state index in [2.05, 4.69) is 31.7 Å². The van der Waals surface area contributed by atoms with Crippen molar-refractivity contribution in [2.24, 2.45) is 0 Å². The van der Waals surface area contributed by atoms with Crippen molar-refractivity contribution in [2.75, 3.05) is 6.61 Å². The molecule has 4 heteroatoms. The molecule has 1 heterocycles. The number of fused-ring (bicyclic) bond motifs is 1. The number of carbonyl (C=O) groups is 1. The molecule has 29 heavy (non-hydrogen) atoms. The highest BCUT2D eigenvalue weighted by Gasteiger charge is 2.13. The summed E-state index contributed by atoms with van der Waals surface area (Å²) in [5, 5.41) is 1.06. The van der Waals surface area contributed by atoms with E-state index in [0.29, 0.717) is 19.0 Å². The lowest BCUT2D eigenvalue weighted by molar-refractivity contribution is -0.142. The van der Waals surface area contributed by atoms with Crippen molar-refractivity contribution < 1.29 is 18.7 Å². The quantitative estimate of drug-likeness (QED) is 0.413. The Bertz CT molecular complexity index is 1010. The summed E-state index contributed by atoms with van der Waals surface area (Å²) in [6, 6.07) is 13.8. The minimum atomic E-state index is -0.253. The number of carbonyl (C=O) groups excluding carboxylic acids is 1. The van der Waals surface area contributed by atoms with Crippen LogP contribution >= 0.6 is 0 Å². The van der Waals surface area contributed by atoms with Gasteiger partial charge in [-0.15, -0.1) is 0 Å².